The lowest BCUT2D eigenvalue weighted by Crippen LogP contribution is -2.51. The van der Waals surface area contributed by atoms with Gasteiger partial charge in [-0.3, -0.25) is 0 Å². The van der Waals surface area contributed by atoms with E-state index in [1.807, 2.05) is 20.8 Å². The maximum absolute atomic E-state index is 12.3. The van der Waals surface area contributed by atoms with Crippen molar-refractivity contribution in [3.63, 3.8) is 0 Å². The predicted molar refractivity (Wildman–Crippen MR) is 79.8 cm³/mol. The van der Waals surface area contributed by atoms with Crippen LogP contribution in [0.25, 0.3) is 10.4 Å². The fourth-order valence-electron chi connectivity index (χ4n) is 2.51. The SMILES string of the molecule is CC(C)(O)CC1CCC(N=[N+]=[N-])CN1C(=O)OC(C)(C)C. The molecule has 7 heteroatoms. The summed E-state index contributed by atoms with van der Waals surface area (Å²) in [6.45, 7) is 9.21. The second kappa shape index (κ2) is 6.54. The lowest BCUT2D eigenvalue weighted by atomic mass is 9.90. The maximum Gasteiger partial charge on any atom is 0.410 e. The summed E-state index contributed by atoms with van der Waals surface area (Å²) in [6, 6.07) is -0.342. The molecule has 2 atom stereocenters. The fourth-order valence-corrected chi connectivity index (χ4v) is 2.51. The first-order chi connectivity index (χ1) is 9.52. The zero-order chi connectivity index (χ0) is 16.3. The highest BCUT2D eigenvalue weighted by atomic mass is 16.6. The molecule has 120 valence electrons. The van der Waals surface area contributed by atoms with Crippen LogP contribution in [-0.4, -0.2) is 45.9 Å². The van der Waals surface area contributed by atoms with E-state index in [9.17, 15) is 9.90 Å². The summed E-state index contributed by atoms with van der Waals surface area (Å²) in [7, 11) is 0. The third kappa shape index (κ3) is 6.23. The average Bonchev–Trinajstić information content (AvgIpc) is 2.27. The van der Waals surface area contributed by atoms with Gasteiger partial charge in [-0.2, -0.15) is 0 Å². The molecule has 1 saturated heterocycles. The van der Waals surface area contributed by atoms with E-state index in [1.165, 1.54) is 0 Å². The Hall–Kier alpha value is -1.46. The van der Waals surface area contributed by atoms with E-state index in [4.69, 9.17) is 10.3 Å². The predicted octanol–water partition coefficient (Wildman–Crippen LogP) is 3.23. The van der Waals surface area contributed by atoms with Crippen LogP contribution in [-0.2, 0) is 4.74 Å². The second-order valence-corrected chi connectivity index (χ2v) is 7.24. The summed E-state index contributed by atoms with van der Waals surface area (Å²) in [6.07, 6.45) is 1.45. The Balaban J connectivity index is 2.86. The minimum Gasteiger partial charge on any atom is -0.444 e. The van der Waals surface area contributed by atoms with Gasteiger partial charge in [0, 0.05) is 17.5 Å². The van der Waals surface area contributed by atoms with E-state index in [-0.39, 0.29) is 12.1 Å². The van der Waals surface area contributed by atoms with Crippen molar-refractivity contribution in [2.75, 3.05) is 6.54 Å². The Kier molecular flexibility index (Phi) is 5.48. The van der Waals surface area contributed by atoms with Crippen LogP contribution in [0.15, 0.2) is 5.11 Å². The Bertz CT molecular complexity index is 419. The Labute approximate surface area is 125 Å². The minimum absolute atomic E-state index is 0.106. The number of ether oxygens (including phenoxy) is 1. The van der Waals surface area contributed by atoms with Crippen molar-refractivity contribution in [2.45, 2.75) is 77.2 Å². The molecular weight excluding hydrogens is 272 g/mol. The molecule has 0 saturated carbocycles. The molecule has 0 aromatic carbocycles. The van der Waals surface area contributed by atoms with E-state index >= 15 is 0 Å². The van der Waals surface area contributed by atoms with Crippen LogP contribution >= 0.6 is 0 Å². The highest BCUT2D eigenvalue weighted by Crippen LogP contribution is 2.27. The number of hydrogen-bond donors (Lipinski definition) is 1. The number of aliphatic hydroxyl groups is 1. The quantitative estimate of drug-likeness (QED) is 0.492. The molecular formula is C14H26N4O3. The first kappa shape index (κ1) is 17.6. The smallest absolute Gasteiger partial charge is 0.410 e. The third-order valence-corrected chi connectivity index (χ3v) is 3.26. The number of piperidine rings is 1. The molecule has 0 spiro atoms. The maximum atomic E-state index is 12.3. The summed E-state index contributed by atoms with van der Waals surface area (Å²) in [5.41, 5.74) is 7.12. The highest BCUT2D eigenvalue weighted by molar-refractivity contribution is 5.68. The van der Waals surface area contributed by atoms with Crippen LogP contribution in [0.3, 0.4) is 0 Å². The number of amides is 1. The van der Waals surface area contributed by atoms with Gasteiger partial charge in [-0.1, -0.05) is 5.11 Å². The number of likely N-dealkylation sites (tertiary alicyclic amines) is 1. The molecule has 0 bridgehead atoms. The molecule has 1 heterocycles. The second-order valence-electron chi connectivity index (χ2n) is 7.24. The lowest BCUT2D eigenvalue weighted by molar-refractivity contribution is -0.0120. The Morgan fingerprint density at radius 2 is 2.00 bits per heavy atom. The van der Waals surface area contributed by atoms with Gasteiger partial charge >= 0.3 is 6.09 Å². The topological polar surface area (TPSA) is 98.5 Å². The van der Waals surface area contributed by atoms with Crippen LogP contribution in [0.4, 0.5) is 4.79 Å². The fraction of sp³-hybridized carbons (Fsp3) is 0.929. The molecule has 1 N–H and O–H groups in total. The van der Waals surface area contributed by atoms with Crippen LogP contribution in [0, 0.1) is 0 Å². The molecule has 1 fully saturated rings. The molecule has 7 nitrogen and oxygen atoms in total. The first-order valence-electron chi connectivity index (χ1n) is 7.28. The Morgan fingerprint density at radius 1 is 1.38 bits per heavy atom. The molecule has 1 amide bonds. The number of rotatable bonds is 3. The van der Waals surface area contributed by atoms with Crippen LogP contribution in [0.2, 0.25) is 0 Å². The summed E-state index contributed by atoms with van der Waals surface area (Å²) in [5.74, 6) is 0. The minimum atomic E-state index is -0.865. The van der Waals surface area contributed by atoms with Crippen molar-refractivity contribution in [3.05, 3.63) is 10.4 Å². The number of azide groups is 1. The lowest BCUT2D eigenvalue weighted by Gasteiger charge is -2.41. The van der Waals surface area contributed by atoms with Gasteiger partial charge in [0.05, 0.1) is 11.6 Å². The Morgan fingerprint density at radius 3 is 2.48 bits per heavy atom. The van der Waals surface area contributed by atoms with Crippen molar-refractivity contribution in [1.29, 1.82) is 0 Å². The first-order valence-corrected chi connectivity index (χ1v) is 7.28. The molecule has 0 radical (unpaired) electrons. The van der Waals surface area contributed by atoms with Crippen molar-refractivity contribution in [1.82, 2.24) is 4.90 Å². The number of carbonyl (C=O) groups excluding carboxylic acids is 1. The van der Waals surface area contributed by atoms with Gasteiger partial charge in [0.1, 0.15) is 5.60 Å². The van der Waals surface area contributed by atoms with E-state index < -0.39 is 17.3 Å². The molecule has 0 aromatic rings. The summed E-state index contributed by atoms with van der Waals surface area (Å²) in [4.78, 5) is 16.8. The zero-order valence-electron chi connectivity index (χ0n) is 13.5. The molecule has 0 aromatic heterocycles. The van der Waals surface area contributed by atoms with Gasteiger partial charge in [0.25, 0.3) is 0 Å². The highest BCUT2D eigenvalue weighted by Gasteiger charge is 2.36. The van der Waals surface area contributed by atoms with Crippen molar-refractivity contribution in [2.24, 2.45) is 5.11 Å². The third-order valence-electron chi connectivity index (χ3n) is 3.26. The number of carbonyl (C=O) groups is 1. The van der Waals surface area contributed by atoms with E-state index in [0.717, 1.165) is 0 Å². The van der Waals surface area contributed by atoms with Crippen molar-refractivity contribution >= 4 is 6.09 Å². The molecule has 2 unspecified atom stereocenters. The average molecular weight is 298 g/mol. The van der Waals surface area contributed by atoms with Crippen LogP contribution < -0.4 is 0 Å². The van der Waals surface area contributed by atoms with Crippen molar-refractivity contribution < 1.29 is 14.6 Å². The zero-order valence-corrected chi connectivity index (χ0v) is 13.5. The normalized spacial score (nSPS) is 23.4. The van der Waals surface area contributed by atoms with Crippen LogP contribution in [0.5, 0.6) is 0 Å². The largest absolute Gasteiger partial charge is 0.444 e. The molecule has 1 aliphatic rings. The van der Waals surface area contributed by atoms with Gasteiger partial charge < -0.3 is 14.7 Å². The molecule has 1 rings (SSSR count). The van der Waals surface area contributed by atoms with Gasteiger partial charge in [-0.05, 0) is 59.4 Å². The summed E-state index contributed by atoms with van der Waals surface area (Å²) >= 11 is 0. The van der Waals surface area contributed by atoms with E-state index in [1.54, 1.807) is 18.7 Å². The summed E-state index contributed by atoms with van der Waals surface area (Å²) in [5, 5.41) is 13.7. The van der Waals surface area contributed by atoms with Gasteiger partial charge in [-0.15, -0.1) is 0 Å². The van der Waals surface area contributed by atoms with Crippen LogP contribution in [0.1, 0.15) is 53.9 Å². The summed E-state index contributed by atoms with van der Waals surface area (Å²) < 4.78 is 5.42. The monoisotopic (exact) mass is 298 g/mol. The number of nitrogens with zero attached hydrogens (tertiary/aromatic N) is 4. The van der Waals surface area contributed by atoms with Gasteiger partial charge in [0.2, 0.25) is 0 Å². The van der Waals surface area contributed by atoms with Gasteiger partial charge in [-0.25, -0.2) is 4.79 Å². The van der Waals surface area contributed by atoms with E-state index in [0.29, 0.717) is 25.8 Å². The van der Waals surface area contributed by atoms with Crippen molar-refractivity contribution in [3.8, 4) is 0 Å². The standard InChI is InChI=1S/C14H26N4O3/c1-13(2,3)21-12(19)18-9-10(16-17-15)6-7-11(18)8-14(4,5)20/h10-11,20H,6-9H2,1-5H3. The molecule has 1 aliphatic heterocycles. The molecule has 21 heavy (non-hydrogen) atoms. The molecule has 0 aliphatic carbocycles. The van der Waals surface area contributed by atoms with E-state index in [2.05, 4.69) is 10.0 Å². The van der Waals surface area contributed by atoms with Gasteiger partial charge in [0.15, 0.2) is 0 Å². The number of hydrogen-bond acceptors (Lipinski definition) is 4.